The summed E-state index contributed by atoms with van der Waals surface area (Å²) in [5.41, 5.74) is 1.22. The summed E-state index contributed by atoms with van der Waals surface area (Å²) in [5.74, 6) is -0.232. The van der Waals surface area contributed by atoms with Crippen molar-refractivity contribution in [1.82, 2.24) is 9.29 Å². The minimum atomic E-state index is -3.62. The largest absolute Gasteiger partial charge is 0.379 e. The number of anilines is 1. The maximum Gasteiger partial charge on any atom is 0.260 e. The van der Waals surface area contributed by atoms with Gasteiger partial charge in [-0.25, -0.2) is 13.4 Å². The summed E-state index contributed by atoms with van der Waals surface area (Å²) in [7, 11) is -3.62. The van der Waals surface area contributed by atoms with Gasteiger partial charge in [-0.2, -0.15) is 4.31 Å². The van der Waals surface area contributed by atoms with Gasteiger partial charge < -0.3 is 9.47 Å². The third-order valence-corrected chi connectivity index (χ3v) is 9.38. The Kier molecular flexibility index (Phi) is 7.01. The van der Waals surface area contributed by atoms with Crippen LogP contribution >= 0.6 is 27.3 Å². The van der Waals surface area contributed by atoms with Gasteiger partial charge in [0, 0.05) is 29.7 Å². The molecule has 0 bridgehead atoms. The predicted octanol–water partition coefficient (Wildman–Crippen LogP) is 3.91. The lowest BCUT2D eigenvalue weighted by molar-refractivity contribution is 0.0730. The Bertz CT molecular complexity index is 1280. The van der Waals surface area contributed by atoms with Crippen LogP contribution in [0, 0.1) is 0 Å². The topological polar surface area (TPSA) is 89.0 Å². The summed E-state index contributed by atoms with van der Waals surface area (Å²) in [5, 5.41) is 0.596. The summed E-state index contributed by atoms with van der Waals surface area (Å²) in [6, 6.07) is 12.0. The molecule has 0 spiro atoms. The molecule has 2 aromatic carbocycles. The van der Waals surface area contributed by atoms with Crippen LogP contribution in [0.5, 0.6) is 0 Å². The number of nitrogens with zero attached hydrogens (tertiary/aromatic N) is 3. The van der Waals surface area contributed by atoms with E-state index in [2.05, 4.69) is 15.9 Å². The van der Waals surface area contributed by atoms with E-state index in [0.29, 0.717) is 50.1 Å². The summed E-state index contributed by atoms with van der Waals surface area (Å²) in [6.45, 7) is 2.50. The van der Waals surface area contributed by atoms with Crippen LogP contribution in [0.2, 0.25) is 0 Å². The molecule has 2 fully saturated rings. The van der Waals surface area contributed by atoms with Crippen LogP contribution < -0.4 is 4.90 Å². The van der Waals surface area contributed by atoms with Crippen LogP contribution in [-0.4, -0.2) is 69.2 Å². The average Bonchev–Trinajstić information content (AvgIpc) is 3.52. The van der Waals surface area contributed by atoms with E-state index in [1.165, 1.54) is 27.8 Å². The van der Waals surface area contributed by atoms with Crippen LogP contribution in [0.1, 0.15) is 23.2 Å². The first kappa shape index (κ1) is 23.8. The number of carbonyl (C=O) groups excluding carboxylic acids is 1. The molecule has 11 heteroatoms. The molecule has 0 N–H and O–H groups in total. The van der Waals surface area contributed by atoms with Crippen molar-refractivity contribution in [3.05, 3.63) is 52.5 Å². The van der Waals surface area contributed by atoms with E-state index in [1.807, 2.05) is 18.2 Å². The predicted molar refractivity (Wildman–Crippen MR) is 134 cm³/mol. The molecule has 1 atom stereocenters. The summed E-state index contributed by atoms with van der Waals surface area (Å²) < 4.78 is 40.2. The van der Waals surface area contributed by atoms with Crippen molar-refractivity contribution >= 4 is 58.5 Å². The van der Waals surface area contributed by atoms with Gasteiger partial charge in [-0.05, 0) is 55.3 Å². The molecule has 0 aliphatic carbocycles. The zero-order valence-corrected chi connectivity index (χ0v) is 21.6. The molecule has 34 heavy (non-hydrogen) atoms. The van der Waals surface area contributed by atoms with Crippen LogP contribution in [0.3, 0.4) is 0 Å². The van der Waals surface area contributed by atoms with Gasteiger partial charge in [0.15, 0.2) is 5.13 Å². The number of halogens is 1. The molecule has 2 saturated heterocycles. The standard InChI is InChI=1S/C23H24BrN3O5S2/c24-17-5-8-20-21(14-17)33-23(25-20)27(15-18-2-1-11-32-18)22(28)16-3-6-19(7-4-16)34(29,30)26-9-12-31-13-10-26/h3-8,14,18H,1-2,9-13,15H2. The third kappa shape index (κ3) is 4.91. The Labute approximate surface area is 210 Å². The number of hydrogen-bond donors (Lipinski definition) is 0. The van der Waals surface area contributed by atoms with Gasteiger partial charge in [-0.3, -0.25) is 9.69 Å². The van der Waals surface area contributed by atoms with Crippen LogP contribution in [0.4, 0.5) is 5.13 Å². The number of amides is 1. The normalized spacial score (nSPS) is 19.5. The maximum atomic E-state index is 13.6. The highest BCUT2D eigenvalue weighted by molar-refractivity contribution is 9.10. The van der Waals surface area contributed by atoms with Gasteiger partial charge in [0.1, 0.15) is 0 Å². The molecule has 0 radical (unpaired) electrons. The van der Waals surface area contributed by atoms with Crippen LogP contribution in [0.25, 0.3) is 10.2 Å². The number of fused-ring (bicyclic) bond motifs is 1. The van der Waals surface area contributed by atoms with E-state index < -0.39 is 10.0 Å². The van der Waals surface area contributed by atoms with E-state index in [-0.39, 0.29) is 16.9 Å². The van der Waals surface area contributed by atoms with E-state index in [0.717, 1.165) is 27.5 Å². The van der Waals surface area contributed by atoms with Crippen molar-refractivity contribution in [1.29, 1.82) is 0 Å². The van der Waals surface area contributed by atoms with Gasteiger partial charge >= 0.3 is 0 Å². The van der Waals surface area contributed by atoms with Crippen molar-refractivity contribution in [3.63, 3.8) is 0 Å². The number of rotatable bonds is 6. The Balaban J connectivity index is 1.43. The number of ether oxygens (including phenoxy) is 2. The fraction of sp³-hybridized carbons (Fsp3) is 0.391. The fourth-order valence-electron chi connectivity index (χ4n) is 4.10. The number of benzene rings is 2. The molecule has 0 saturated carbocycles. The Hall–Kier alpha value is -1.89. The van der Waals surface area contributed by atoms with Crippen LogP contribution in [-0.2, 0) is 19.5 Å². The van der Waals surface area contributed by atoms with Gasteiger partial charge in [0.05, 0.1) is 41.0 Å². The number of thiazole rings is 1. The summed E-state index contributed by atoms with van der Waals surface area (Å²) in [4.78, 5) is 20.1. The second-order valence-electron chi connectivity index (χ2n) is 8.20. The van der Waals surface area contributed by atoms with Crippen LogP contribution in [0.15, 0.2) is 51.8 Å². The van der Waals surface area contributed by atoms with Crippen molar-refractivity contribution in [2.45, 2.75) is 23.8 Å². The summed E-state index contributed by atoms with van der Waals surface area (Å²) >= 11 is 4.93. The second-order valence-corrected chi connectivity index (χ2v) is 12.1. The molecular formula is C23H24BrN3O5S2. The lowest BCUT2D eigenvalue weighted by atomic mass is 10.2. The highest BCUT2D eigenvalue weighted by Crippen LogP contribution is 2.32. The molecule has 1 unspecified atom stereocenters. The molecular weight excluding hydrogens is 542 g/mol. The zero-order chi connectivity index (χ0) is 23.7. The first-order chi connectivity index (χ1) is 16.4. The van der Waals surface area contributed by atoms with E-state index in [9.17, 15) is 13.2 Å². The first-order valence-corrected chi connectivity index (χ1v) is 14.1. The Morgan fingerprint density at radius 3 is 2.62 bits per heavy atom. The van der Waals surface area contributed by atoms with Crippen molar-refractivity contribution < 1.29 is 22.7 Å². The van der Waals surface area contributed by atoms with Gasteiger partial charge in [-0.15, -0.1) is 0 Å². The number of morpholine rings is 1. The molecule has 8 nitrogen and oxygen atoms in total. The lowest BCUT2D eigenvalue weighted by Gasteiger charge is -2.26. The van der Waals surface area contributed by atoms with Crippen molar-refractivity contribution in [3.8, 4) is 0 Å². The third-order valence-electron chi connectivity index (χ3n) is 5.93. The molecule has 1 amide bonds. The van der Waals surface area contributed by atoms with Gasteiger partial charge in [0.2, 0.25) is 10.0 Å². The number of carbonyl (C=O) groups is 1. The monoisotopic (exact) mass is 565 g/mol. The highest BCUT2D eigenvalue weighted by Gasteiger charge is 2.29. The van der Waals surface area contributed by atoms with Gasteiger partial charge in [0.25, 0.3) is 5.91 Å². The molecule has 2 aliphatic heterocycles. The van der Waals surface area contributed by atoms with Gasteiger partial charge in [-0.1, -0.05) is 27.3 Å². The number of sulfonamides is 1. The second kappa shape index (κ2) is 10.00. The van der Waals surface area contributed by atoms with E-state index in [4.69, 9.17) is 14.5 Å². The first-order valence-electron chi connectivity index (χ1n) is 11.1. The van der Waals surface area contributed by atoms with E-state index >= 15 is 0 Å². The molecule has 3 heterocycles. The smallest absolute Gasteiger partial charge is 0.260 e. The SMILES string of the molecule is O=C(c1ccc(S(=O)(=O)N2CCOCC2)cc1)N(CC1CCCO1)c1nc2ccc(Br)cc2s1. The Morgan fingerprint density at radius 1 is 1.15 bits per heavy atom. The average molecular weight is 566 g/mol. The van der Waals surface area contributed by atoms with E-state index in [1.54, 1.807) is 17.0 Å². The molecule has 5 rings (SSSR count). The maximum absolute atomic E-state index is 13.6. The fourth-order valence-corrected chi connectivity index (χ4v) is 7.04. The molecule has 180 valence electrons. The molecule has 1 aromatic heterocycles. The molecule has 2 aliphatic rings. The lowest BCUT2D eigenvalue weighted by Crippen LogP contribution is -2.40. The zero-order valence-electron chi connectivity index (χ0n) is 18.4. The minimum absolute atomic E-state index is 0.0522. The van der Waals surface area contributed by atoms with Crippen molar-refractivity contribution in [2.75, 3.05) is 44.4 Å². The quantitative estimate of drug-likeness (QED) is 0.450. The highest BCUT2D eigenvalue weighted by atomic mass is 79.9. The number of aromatic nitrogens is 1. The molecule has 3 aromatic rings. The Morgan fingerprint density at radius 2 is 1.91 bits per heavy atom. The summed E-state index contributed by atoms with van der Waals surface area (Å²) in [6.07, 6.45) is 1.80. The number of hydrogen-bond acceptors (Lipinski definition) is 7. The van der Waals surface area contributed by atoms with Crippen molar-refractivity contribution in [2.24, 2.45) is 0 Å². The minimum Gasteiger partial charge on any atom is -0.379 e.